The summed E-state index contributed by atoms with van der Waals surface area (Å²) in [5.74, 6) is 0.444. The number of nitrogens with two attached hydrogens (primary N) is 1. The van der Waals surface area contributed by atoms with Gasteiger partial charge in [-0.25, -0.2) is 9.06 Å². The first-order valence-electron chi connectivity index (χ1n) is 3.40. The van der Waals surface area contributed by atoms with E-state index < -0.39 is 0 Å². The van der Waals surface area contributed by atoms with Crippen LogP contribution >= 0.6 is 11.5 Å². The Morgan fingerprint density at radius 3 is 3.08 bits per heavy atom. The third-order valence-corrected chi connectivity index (χ3v) is 2.09. The van der Waals surface area contributed by atoms with Crippen molar-refractivity contribution in [3.05, 3.63) is 23.3 Å². The molecular formula is C6H7N5S. The van der Waals surface area contributed by atoms with Crippen LogP contribution in [0.1, 0.15) is 4.88 Å². The lowest BCUT2D eigenvalue weighted by Gasteiger charge is -1.93. The van der Waals surface area contributed by atoms with E-state index in [1.165, 1.54) is 11.5 Å². The second kappa shape index (κ2) is 2.90. The molecule has 6 heteroatoms. The molecule has 0 aliphatic carbocycles. The van der Waals surface area contributed by atoms with Crippen LogP contribution in [0.25, 0.3) is 0 Å². The second-order valence-corrected chi connectivity index (χ2v) is 3.24. The van der Waals surface area contributed by atoms with Crippen molar-refractivity contribution in [2.45, 2.75) is 6.54 Å². The van der Waals surface area contributed by atoms with Gasteiger partial charge in [-0.2, -0.15) is 0 Å². The number of nitrogen functional groups attached to an aromatic ring is 1. The van der Waals surface area contributed by atoms with Gasteiger partial charge in [0.2, 0.25) is 0 Å². The third kappa shape index (κ3) is 1.42. The van der Waals surface area contributed by atoms with Gasteiger partial charge in [0.1, 0.15) is 0 Å². The van der Waals surface area contributed by atoms with Crippen LogP contribution in [-0.2, 0) is 6.54 Å². The summed E-state index contributed by atoms with van der Waals surface area (Å²) in [6.07, 6.45) is 3.46. The van der Waals surface area contributed by atoms with Crippen LogP contribution in [0.5, 0.6) is 0 Å². The summed E-state index contributed by atoms with van der Waals surface area (Å²) < 4.78 is 5.66. The quantitative estimate of drug-likeness (QED) is 0.726. The van der Waals surface area contributed by atoms with Crippen molar-refractivity contribution >= 4 is 17.4 Å². The fourth-order valence-corrected chi connectivity index (χ4v) is 1.44. The van der Waals surface area contributed by atoms with E-state index in [1.54, 1.807) is 17.1 Å². The molecule has 0 amide bonds. The lowest BCUT2D eigenvalue weighted by molar-refractivity contribution is 0.656. The first-order valence-corrected chi connectivity index (χ1v) is 4.17. The van der Waals surface area contributed by atoms with Crippen LogP contribution < -0.4 is 5.73 Å². The van der Waals surface area contributed by atoms with E-state index in [1.807, 2.05) is 6.07 Å². The molecule has 0 aliphatic rings. The normalized spacial score (nSPS) is 10.3. The second-order valence-electron chi connectivity index (χ2n) is 2.32. The van der Waals surface area contributed by atoms with Crippen LogP contribution in [0.15, 0.2) is 18.5 Å². The van der Waals surface area contributed by atoms with Crippen LogP contribution in [-0.4, -0.2) is 19.4 Å². The zero-order valence-electron chi connectivity index (χ0n) is 6.21. The van der Waals surface area contributed by atoms with E-state index in [0.29, 0.717) is 12.4 Å². The Balaban J connectivity index is 2.14. The lowest BCUT2D eigenvalue weighted by Crippen LogP contribution is -1.98. The predicted octanol–water partition coefficient (Wildman–Crippen LogP) is 0.365. The monoisotopic (exact) mass is 181 g/mol. The summed E-state index contributed by atoms with van der Waals surface area (Å²) in [5.41, 5.74) is 5.40. The van der Waals surface area contributed by atoms with Crippen LogP contribution in [0, 0.1) is 0 Å². The highest BCUT2D eigenvalue weighted by atomic mass is 32.1. The van der Waals surface area contributed by atoms with Gasteiger partial charge in [-0.1, -0.05) is 5.21 Å². The maximum absolute atomic E-state index is 5.40. The molecule has 62 valence electrons. The summed E-state index contributed by atoms with van der Waals surface area (Å²) in [4.78, 5) is 1.14. The molecule has 2 rings (SSSR count). The van der Waals surface area contributed by atoms with Crippen molar-refractivity contribution in [3.63, 3.8) is 0 Å². The van der Waals surface area contributed by atoms with Gasteiger partial charge in [-0.05, 0) is 17.6 Å². The fraction of sp³-hybridized carbons (Fsp3) is 0.167. The molecular weight excluding hydrogens is 174 g/mol. The molecule has 0 saturated carbocycles. The molecule has 0 atom stereocenters. The van der Waals surface area contributed by atoms with Gasteiger partial charge in [-0.15, -0.1) is 5.10 Å². The van der Waals surface area contributed by atoms with Gasteiger partial charge in [-0.3, -0.25) is 0 Å². The summed E-state index contributed by atoms with van der Waals surface area (Å²) >= 11 is 1.45. The molecule has 12 heavy (non-hydrogen) atoms. The predicted molar refractivity (Wildman–Crippen MR) is 45.7 cm³/mol. The van der Waals surface area contributed by atoms with Gasteiger partial charge >= 0.3 is 0 Å². The minimum absolute atomic E-state index is 0.444. The van der Waals surface area contributed by atoms with Crippen LogP contribution in [0.3, 0.4) is 0 Å². The van der Waals surface area contributed by atoms with Gasteiger partial charge in [0.25, 0.3) is 0 Å². The number of aromatic nitrogens is 4. The summed E-state index contributed by atoms with van der Waals surface area (Å²) in [5, 5.41) is 7.48. The number of rotatable bonds is 2. The summed E-state index contributed by atoms with van der Waals surface area (Å²) in [6, 6.07) is 1.95. The Hall–Kier alpha value is -1.43. The highest BCUT2D eigenvalue weighted by molar-refractivity contribution is 7.05. The number of hydrogen-bond donors (Lipinski definition) is 1. The molecule has 0 aliphatic heterocycles. The maximum atomic E-state index is 5.40. The van der Waals surface area contributed by atoms with Crippen molar-refractivity contribution in [3.8, 4) is 0 Å². The zero-order valence-corrected chi connectivity index (χ0v) is 7.03. The fourth-order valence-electron chi connectivity index (χ4n) is 0.874. The smallest absolute Gasteiger partial charge is 0.165 e. The molecule has 0 fully saturated rings. The largest absolute Gasteiger partial charge is 0.381 e. The number of anilines is 1. The minimum Gasteiger partial charge on any atom is -0.381 e. The molecule has 2 N–H and O–H groups in total. The van der Waals surface area contributed by atoms with E-state index >= 15 is 0 Å². The molecule has 0 unspecified atom stereocenters. The number of nitrogens with zero attached hydrogens (tertiary/aromatic N) is 4. The average molecular weight is 181 g/mol. The lowest BCUT2D eigenvalue weighted by atomic mass is 10.5. The molecule has 2 aromatic rings. The van der Waals surface area contributed by atoms with E-state index in [4.69, 9.17) is 5.73 Å². The average Bonchev–Trinajstić information content (AvgIpc) is 2.63. The first kappa shape index (κ1) is 7.23. The summed E-state index contributed by atoms with van der Waals surface area (Å²) in [6.45, 7) is 0.689. The maximum Gasteiger partial charge on any atom is 0.165 e. The third-order valence-electron chi connectivity index (χ3n) is 1.37. The molecule has 0 saturated heterocycles. The van der Waals surface area contributed by atoms with Crippen LogP contribution in [0.4, 0.5) is 5.82 Å². The Kier molecular flexibility index (Phi) is 1.75. The minimum atomic E-state index is 0.444. The molecule has 5 nitrogen and oxygen atoms in total. The molecule has 0 radical (unpaired) electrons. The van der Waals surface area contributed by atoms with Crippen LogP contribution in [0.2, 0.25) is 0 Å². The standard InChI is InChI=1S/C6H7N5S/c7-6-4-11(10-9-6)3-5-1-2-8-12-5/h1-2,4H,3,7H2. The number of hydrogen-bond acceptors (Lipinski definition) is 5. The van der Waals surface area contributed by atoms with Gasteiger partial charge in [0.05, 0.1) is 12.7 Å². The topological polar surface area (TPSA) is 69.6 Å². The van der Waals surface area contributed by atoms with Gasteiger partial charge < -0.3 is 5.73 Å². The molecule has 0 aromatic carbocycles. The van der Waals surface area contributed by atoms with Gasteiger partial charge in [0, 0.05) is 11.1 Å². The first-order chi connectivity index (χ1) is 5.84. The molecule has 2 heterocycles. The van der Waals surface area contributed by atoms with E-state index in [0.717, 1.165) is 4.88 Å². The van der Waals surface area contributed by atoms with E-state index in [9.17, 15) is 0 Å². The molecule has 0 spiro atoms. The Bertz CT molecular complexity index is 352. The van der Waals surface area contributed by atoms with Gasteiger partial charge in [0.15, 0.2) is 5.82 Å². The molecule has 2 aromatic heterocycles. The Morgan fingerprint density at radius 1 is 1.58 bits per heavy atom. The van der Waals surface area contributed by atoms with Crippen molar-refractivity contribution in [1.82, 2.24) is 19.4 Å². The SMILES string of the molecule is Nc1cn(Cc2ccns2)nn1. The van der Waals surface area contributed by atoms with E-state index in [2.05, 4.69) is 14.7 Å². The highest BCUT2D eigenvalue weighted by Crippen LogP contribution is 2.06. The molecule has 0 bridgehead atoms. The van der Waals surface area contributed by atoms with Crippen molar-refractivity contribution in [2.24, 2.45) is 0 Å². The summed E-state index contributed by atoms with van der Waals surface area (Å²) in [7, 11) is 0. The highest BCUT2D eigenvalue weighted by Gasteiger charge is 1.98. The Morgan fingerprint density at radius 2 is 2.50 bits per heavy atom. The Labute approximate surface area is 73.0 Å². The van der Waals surface area contributed by atoms with Crippen molar-refractivity contribution in [2.75, 3.05) is 5.73 Å². The van der Waals surface area contributed by atoms with Crippen molar-refractivity contribution < 1.29 is 0 Å². The van der Waals surface area contributed by atoms with Crippen molar-refractivity contribution in [1.29, 1.82) is 0 Å². The van der Waals surface area contributed by atoms with E-state index in [-0.39, 0.29) is 0 Å². The zero-order chi connectivity index (χ0) is 8.39.